The third kappa shape index (κ3) is 2.52. The Labute approximate surface area is 116 Å². The van der Waals surface area contributed by atoms with Gasteiger partial charge in [-0.1, -0.05) is 12.1 Å². The molecule has 0 unspecified atom stereocenters. The lowest BCUT2D eigenvalue weighted by molar-refractivity contribution is 0.00578. The van der Waals surface area contributed by atoms with Gasteiger partial charge in [-0.15, -0.1) is 0 Å². The van der Waals surface area contributed by atoms with E-state index in [-0.39, 0.29) is 18.3 Å². The Morgan fingerprint density at radius 1 is 1.11 bits per heavy atom. The van der Waals surface area contributed by atoms with Crippen LogP contribution in [0.4, 0.5) is 0 Å². The lowest BCUT2D eigenvalue weighted by Gasteiger charge is -2.32. The van der Waals surface area contributed by atoms with Gasteiger partial charge in [0.25, 0.3) is 0 Å². The first kappa shape index (κ1) is 14.4. The number of aryl methyl sites for hydroxylation is 1. The summed E-state index contributed by atoms with van der Waals surface area (Å²) in [6.07, 6.45) is 2.09. The minimum Gasteiger partial charge on any atom is -0.400 e. The van der Waals surface area contributed by atoms with E-state index in [0.717, 1.165) is 0 Å². The third-order valence-electron chi connectivity index (χ3n) is 4.52. The molecule has 0 radical (unpaired) electrons. The molecule has 1 saturated heterocycles. The van der Waals surface area contributed by atoms with Gasteiger partial charge in [-0.05, 0) is 53.2 Å². The van der Waals surface area contributed by atoms with Crippen LogP contribution in [0.1, 0.15) is 44.6 Å². The fraction of sp³-hybridized carbons (Fsp3) is 0.600. The molecule has 0 amide bonds. The van der Waals surface area contributed by atoms with Crippen molar-refractivity contribution in [2.45, 2.75) is 52.7 Å². The molecule has 0 aliphatic carbocycles. The van der Waals surface area contributed by atoms with Crippen LogP contribution in [-0.2, 0) is 16.4 Å². The highest BCUT2D eigenvalue weighted by atomic mass is 16.7. The maximum Gasteiger partial charge on any atom is 0.487 e. The molecule has 1 aliphatic rings. The Balaban J connectivity index is 2.15. The average Bonchev–Trinajstić information content (AvgIpc) is 2.64. The lowest BCUT2D eigenvalue weighted by atomic mass is 9.89. The second kappa shape index (κ2) is 4.53. The molecule has 1 aliphatic heterocycles. The van der Waals surface area contributed by atoms with Gasteiger partial charge >= 0.3 is 7.12 Å². The Hall–Kier alpha value is -0.995. The fourth-order valence-corrected chi connectivity index (χ4v) is 2.20. The minimum atomic E-state index is -0.274. The Kier molecular flexibility index (Phi) is 3.44. The molecule has 4 heteroatoms. The summed E-state index contributed by atoms with van der Waals surface area (Å²) in [4.78, 5) is 0. The largest absolute Gasteiger partial charge is 0.487 e. The van der Waals surface area contributed by atoms with Gasteiger partial charge in [0, 0.05) is 18.4 Å². The molecule has 1 fully saturated rings. The first-order valence-corrected chi connectivity index (χ1v) is 6.81. The topological polar surface area (TPSA) is 23.4 Å². The SMILES string of the molecule is Cc1cc(/C=C/B2OC(C)(C)C(C)(C)O2)c(C)n1C. The van der Waals surface area contributed by atoms with Gasteiger partial charge in [0.05, 0.1) is 11.2 Å². The molecule has 0 bridgehead atoms. The normalized spacial score (nSPS) is 21.5. The molecule has 0 atom stereocenters. The molecule has 3 nitrogen and oxygen atoms in total. The molecular formula is C15H24BNO2. The summed E-state index contributed by atoms with van der Waals surface area (Å²) < 4.78 is 14.1. The molecule has 0 spiro atoms. The van der Waals surface area contributed by atoms with Crippen molar-refractivity contribution in [2.24, 2.45) is 7.05 Å². The summed E-state index contributed by atoms with van der Waals surface area (Å²) in [6, 6.07) is 2.18. The van der Waals surface area contributed by atoms with E-state index in [0.29, 0.717) is 0 Å². The van der Waals surface area contributed by atoms with E-state index in [9.17, 15) is 0 Å². The lowest BCUT2D eigenvalue weighted by Crippen LogP contribution is -2.41. The van der Waals surface area contributed by atoms with Gasteiger partial charge in [0.1, 0.15) is 0 Å². The van der Waals surface area contributed by atoms with Crippen LogP contribution in [0.5, 0.6) is 0 Å². The number of nitrogens with zero attached hydrogens (tertiary/aromatic N) is 1. The maximum atomic E-state index is 5.95. The second-order valence-electron chi connectivity index (χ2n) is 6.37. The van der Waals surface area contributed by atoms with Crippen LogP contribution in [0.2, 0.25) is 0 Å². The molecule has 0 aromatic carbocycles. The van der Waals surface area contributed by atoms with Crippen molar-refractivity contribution >= 4 is 13.2 Å². The number of rotatable bonds is 2. The van der Waals surface area contributed by atoms with Crippen LogP contribution in [0.15, 0.2) is 12.0 Å². The van der Waals surface area contributed by atoms with Crippen molar-refractivity contribution in [1.82, 2.24) is 4.57 Å². The first-order chi connectivity index (χ1) is 8.64. The predicted octanol–water partition coefficient (Wildman–Crippen LogP) is 3.29. The molecule has 0 N–H and O–H groups in total. The van der Waals surface area contributed by atoms with Gasteiger partial charge in [-0.3, -0.25) is 0 Å². The number of hydrogen-bond acceptors (Lipinski definition) is 2. The highest BCUT2D eigenvalue weighted by Crippen LogP contribution is 2.37. The van der Waals surface area contributed by atoms with Crippen molar-refractivity contribution in [3.63, 3.8) is 0 Å². The van der Waals surface area contributed by atoms with Gasteiger partial charge in [-0.25, -0.2) is 0 Å². The van der Waals surface area contributed by atoms with Crippen molar-refractivity contribution in [3.8, 4) is 0 Å². The summed E-state index contributed by atoms with van der Waals surface area (Å²) in [5.74, 6) is 2.00. The van der Waals surface area contributed by atoms with Crippen LogP contribution < -0.4 is 0 Å². The summed E-state index contributed by atoms with van der Waals surface area (Å²) in [5, 5.41) is 0. The highest BCUT2D eigenvalue weighted by molar-refractivity contribution is 6.52. The predicted molar refractivity (Wildman–Crippen MR) is 80.0 cm³/mol. The van der Waals surface area contributed by atoms with Crippen LogP contribution in [0, 0.1) is 13.8 Å². The van der Waals surface area contributed by atoms with Gasteiger partial charge in [0.15, 0.2) is 0 Å². The summed E-state index contributed by atoms with van der Waals surface area (Å²) in [7, 11) is 1.81. The van der Waals surface area contributed by atoms with Crippen LogP contribution in [0.25, 0.3) is 6.08 Å². The monoisotopic (exact) mass is 261 g/mol. The van der Waals surface area contributed by atoms with Crippen molar-refractivity contribution in [2.75, 3.05) is 0 Å². The average molecular weight is 261 g/mol. The van der Waals surface area contributed by atoms with Gasteiger partial charge in [0.2, 0.25) is 0 Å². The quantitative estimate of drug-likeness (QED) is 0.762. The van der Waals surface area contributed by atoms with E-state index in [2.05, 4.69) is 65.3 Å². The van der Waals surface area contributed by atoms with E-state index in [1.54, 1.807) is 0 Å². The third-order valence-corrected chi connectivity index (χ3v) is 4.52. The van der Waals surface area contributed by atoms with E-state index in [1.807, 2.05) is 5.98 Å². The van der Waals surface area contributed by atoms with E-state index < -0.39 is 0 Å². The second-order valence-corrected chi connectivity index (χ2v) is 6.37. The molecule has 1 aromatic heterocycles. The van der Waals surface area contributed by atoms with Crippen molar-refractivity contribution in [1.29, 1.82) is 0 Å². The van der Waals surface area contributed by atoms with E-state index in [4.69, 9.17) is 9.31 Å². The smallest absolute Gasteiger partial charge is 0.400 e. The van der Waals surface area contributed by atoms with Crippen LogP contribution in [-0.4, -0.2) is 22.9 Å². The van der Waals surface area contributed by atoms with Gasteiger partial charge in [-0.2, -0.15) is 0 Å². The highest BCUT2D eigenvalue weighted by Gasteiger charge is 2.49. The Morgan fingerprint density at radius 3 is 2.05 bits per heavy atom. The Morgan fingerprint density at radius 2 is 1.63 bits per heavy atom. The zero-order chi connectivity index (χ0) is 14.4. The van der Waals surface area contributed by atoms with E-state index >= 15 is 0 Å². The van der Waals surface area contributed by atoms with Crippen molar-refractivity contribution in [3.05, 3.63) is 29.0 Å². The van der Waals surface area contributed by atoms with Crippen LogP contribution in [0.3, 0.4) is 0 Å². The fourth-order valence-electron chi connectivity index (χ4n) is 2.20. The molecule has 2 heterocycles. The summed E-state index contributed by atoms with van der Waals surface area (Å²) >= 11 is 0. The molecule has 1 aromatic rings. The van der Waals surface area contributed by atoms with Crippen molar-refractivity contribution < 1.29 is 9.31 Å². The van der Waals surface area contributed by atoms with Crippen LogP contribution >= 0.6 is 0 Å². The molecule has 104 valence electrons. The molecule has 0 saturated carbocycles. The summed E-state index contributed by atoms with van der Waals surface area (Å²) in [6.45, 7) is 12.5. The molecule has 2 rings (SSSR count). The number of hydrogen-bond donors (Lipinski definition) is 0. The zero-order valence-corrected chi connectivity index (χ0v) is 13.1. The first-order valence-electron chi connectivity index (χ1n) is 6.81. The van der Waals surface area contributed by atoms with Gasteiger partial charge < -0.3 is 13.9 Å². The molecular weight excluding hydrogens is 237 g/mol. The number of aromatic nitrogens is 1. The zero-order valence-electron chi connectivity index (χ0n) is 13.1. The molecule has 19 heavy (non-hydrogen) atoms. The summed E-state index contributed by atoms with van der Waals surface area (Å²) in [5.41, 5.74) is 3.18. The Bertz CT molecular complexity index is 498. The minimum absolute atomic E-state index is 0.273. The maximum absolute atomic E-state index is 5.95. The van der Waals surface area contributed by atoms with E-state index in [1.165, 1.54) is 17.0 Å². The standard InChI is InChI=1S/C15H24BNO2/c1-11-10-13(12(2)17(11)7)8-9-16-18-14(3,4)15(5,6)19-16/h8-10H,1-7H3/b9-8+.